The fourth-order valence-electron chi connectivity index (χ4n) is 2.63. The van der Waals surface area contributed by atoms with Gasteiger partial charge in [0.2, 0.25) is 11.8 Å². The van der Waals surface area contributed by atoms with Crippen molar-refractivity contribution in [3.63, 3.8) is 0 Å². The van der Waals surface area contributed by atoms with E-state index in [1.165, 1.54) is 4.90 Å². The average molecular weight is 406 g/mol. The van der Waals surface area contributed by atoms with Gasteiger partial charge < -0.3 is 34.9 Å². The number of aliphatic hydroxyl groups excluding tert-OH is 1. The van der Waals surface area contributed by atoms with Gasteiger partial charge in [-0.1, -0.05) is 20.8 Å². The zero-order valence-corrected chi connectivity index (χ0v) is 17.9. The Bertz CT molecular complexity index is 411. The SMILES string of the molecule is CC.CCNCCOCCOCCOCC(=O)N1CC(O)CC1C(=O)NCC. The summed E-state index contributed by atoms with van der Waals surface area (Å²) in [5.74, 6) is -0.542. The lowest BCUT2D eigenvalue weighted by atomic mass is 10.2. The fourth-order valence-corrected chi connectivity index (χ4v) is 2.63. The molecule has 0 aromatic heterocycles. The van der Waals surface area contributed by atoms with Gasteiger partial charge in [-0.05, 0) is 13.5 Å². The molecule has 28 heavy (non-hydrogen) atoms. The molecular weight excluding hydrogens is 366 g/mol. The summed E-state index contributed by atoms with van der Waals surface area (Å²) in [5, 5.41) is 15.6. The zero-order chi connectivity index (χ0) is 21.2. The van der Waals surface area contributed by atoms with Gasteiger partial charge in [0, 0.05) is 26.1 Å². The summed E-state index contributed by atoms with van der Waals surface area (Å²) in [4.78, 5) is 25.6. The summed E-state index contributed by atoms with van der Waals surface area (Å²) in [6.07, 6.45) is -0.420. The Hall–Kier alpha value is -1.26. The number of likely N-dealkylation sites (tertiary alicyclic amines) is 1. The number of β-amino-alcohol motifs (C(OH)–C–C–N with tert-alkyl or cyclic N) is 1. The van der Waals surface area contributed by atoms with Gasteiger partial charge in [0.1, 0.15) is 12.6 Å². The maximum absolute atomic E-state index is 12.2. The van der Waals surface area contributed by atoms with Gasteiger partial charge >= 0.3 is 0 Å². The molecule has 1 rings (SSSR count). The predicted octanol–water partition coefficient (Wildman–Crippen LogP) is -0.230. The van der Waals surface area contributed by atoms with Crippen LogP contribution in [0.15, 0.2) is 0 Å². The van der Waals surface area contributed by atoms with Crippen LogP contribution in [0.2, 0.25) is 0 Å². The normalized spacial score (nSPS) is 18.5. The summed E-state index contributed by atoms with van der Waals surface area (Å²) in [5.41, 5.74) is 0. The van der Waals surface area contributed by atoms with E-state index < -0.39 is 12.1 Å². The van der Waals surface area contributed by atoms with E-state index in [0.717, 1.165) is 13.1 Å². The molecule has 9 nitrogen and oxygen atoms in total. The van der Waals surface area contributed by atoms with Gasteiger partial charge in [0.25, 0.3) is 0 Å². The zero-order valence-electron chi connectivity index (χ0n) is 17.9. The van der Waals surface area contributed by atoms with Crippen molar-refractivity contribution in [2.24, 2.45) is 0 Å². The first-order valence-electron chi connectivity index (χ1n) is 10.3. The minimum Gasteiger partial charge on any atom is -0.391 e. The summed E-state index contributed by atoms with van der Waals surface area (Å²) >= 11 is 0. The first-order valence-corrected chi connectivity index (χ1v) is 10.3. The highest BCUT2D eigenvalue weighted by Gasteiger charge is 2.38. The molecule has 0 aliphatic carbocycles. The van der Waals surface area contributed by atoms with Crippen LogP contribution in [0.25, 0.3) is 0 Å². The lowest BCUT2D eigenvalue weighted by Crippen LogP contribution is -2.47. The summed E-state index contributed by atoms with van der Waals surface area (Å²) in [6.45, 7) is 12.4. The van der Waals surface area contributed by atoms with Crippen molar-refractivity contribution >= 4 is 11.8 Å². The molecule has 3 N–H and O–H groups in total. The Morgan fingerprint density at radius 1 is 1.00 bits per heavy atom. The van der Waals surface area contributed by atoms with Crippen molar-refractivity contribution in [3.8, 4) is 0 Å². The Morgan fingerprint density at radius 2 is 1.61 bits per heavy atom. The third kappa shape index (κ3) is 11.6. The van der Waals surface area contributed by atoms with Crippen LogP contribution in [0.4, 0.5) is 0 Å². The number of carbonyl (C=O) groups excluding carboxylic acids is 2. The second-order valence-corrected chi connectivity index (χ2v) is 5.98. The second kappa shape index (κ2) is 17.8. The van der Waals surface area contributed by atoms with Gasteiger partial charge in [-0.25, -0.2) is 0 Å². The van der Waals surface area contributed by atoms with Gasteiger partial charge in [0.05, 0.1) is 39.1 Å². The lowest BCUT2D eigenvalue weighted by molar-refractivity contribution is -0.142. The first kappa shape index (κ1) is 26.7. The molecule has 0 bridgehead atoms. The quantitative estimate of drug-likeness (QED) is 0.343. The van der Waals surface area contributed by atoms with Gasteiger partial charge in [-0.15, -0.1) is 0 Å². The highest BCUT2D eigenvalue weighted by atomic mass is 16.5. The summed E-state index contributed by atoms with van der Waals surface area (Å²) in [6, 6.07) is -0.628. The summed E-state index contributed by atoms with van der Waals surface area (Å²) in [7, 11) is 0. The Labute approximate surface area is 169 Å². The standard InChI is InChI=1S/C17H33N3O6.C2H6/c1-3-18-5-6-24-7-8-25-9-10-26-13-16(22)20-12-14(21)11-15(20)17(23)19-4-2;1-2/h14-15,18,21H,3-13H2,1-2H3,(H,19,23);1-2H3. The molecule has 1 fully saturated rings. The highest BCUT2D eigenvalue weighted by Crippen LogP contribution is 2.18. The van der Waals surface area contributed by atoms with Crippen molar-refractivity contribution in [3.05, 3.63) is 0 Å². The van der Waals surface area contributed by atoms with E-state index >= 15 is 0 Å². The van der Waals surface area contributed by atoms with Gasteiger partial charge in [-0.2, -0.15) is 0 Å². The molecule has 9 heteroatoms. The molecular formula is C19H39N3O6. The van der Waals surface area contributed by atoms with E-state index in [4.69, 9.17) is 14.2 Å². The van der Waals surface area contributed by atoms with E-state index in [9.17, 15) is 14.7 Å². The number of likely N-dealkylation sites (N-methyl/N-ethyl adjacent to an activating group) is 2. The van der Waals surface area contributed by atoms with Crippen molar-refractivity contribution in [1.82, 2.24) is 15.5 Å². The molecule has 0 aromatic carbocycles. The van der Waals surface area contributed by atoms with Gasteiger partial charge in [0.15, 0.2) is 0 Å². The van der Waals surface area contributed by atoms with E-state index in [2.05, 4.69) is 10.6 Å². The maximum Gasteiger partial charge on any atom is 0.249 e. The fraction of sp³-hybridized carbons (Fsp3) is 0.895. The Kier molecular flexibility index (Phi) is 17.0. The second-order valence-electron chi connectivity index (χ2n) is 5.98. The van der Waals surface area contributed by atoms with Gasteiger partial charge in [-0.3, -0.25) is 9.59 Å². The van der Waals surface area contributed by atoms with E-state index in [0.29, 0.717) is 33.0 Å². The van der Waals surface area contributed by atoms with Crippen LogP contribution in [-0.2, 0) is 23.8 Å². The van der Waals surface area contributed by atoms with Crippen LogP contribution in [0.5, 0.6) is 0 Å². The number of aliphatic hydroxyl groups is 1. The Balaban J connectivity index is 0.00000352. The molecule has 2 amide bonds. The molecule has 0 saturated carbocycles. The molecule has 0 aromatic rings. The molecule has 2 atom stereocenters. The van der Waals surface area contributed by atoms with Crippen molar-refractivity contribution < 1.29 is 28.9 Å². The number of nitrogens with zero attached hydrogens (tertiary/aromatic N) is 1. The average Bonchev–Trinajstić information content (AvgIpc) is 3.10. The predicted molar refractivity (Wildman–Crippen MR) is 107 cm³/mol. The molecule has 1 heterocycles. The van der Waals surface area contributed by atoms with Crippen molar-refractivity contribution in [1.29, 1.82) is 0 Å². The minimum atomic E-state index is -0.678. The number of carbonyl (C=O) groups is 2. The van der Waals surface area contributed by atoms with Crippen molar-refractivity contribution in [2.75, 3.05) is 65.8 Å². The third-order valence-corrected chi connectivity index (χ3v) is 3.90. The van der Waals surface area contributed by atoms with Crippen LogP contribution in [0.1, 0.15) is 34.1 Å². The monoisotopic (exact) mass is 405 g/mol. The molecule has 166 valence electrons. The van der Waals surface area contributed by atoms with E-state index in [1.54, 1.807) is 0 Å². The number of hydrogen-bond acceptors (Lipinski definition) is 7. The number of amides is 2. The largest absolute Gasteiger partial charge is 0.391 e. The molecule has 1 saturated heterocycles. The number of nitrogens with one attached hydrogen (secondary N) is 2. The molecule has 2 unspecified atom stereocenters. The topological polar surface area (TPSA) is 109 Å². The smallest absolute Gasteiger partial charge is 0.249 e. The van der Waals surface area contributed by atoms with Crippen LogP contribution in [0.3, 0.4) is 0 Å². The third-order valence-electron chi connectivity index (χ3n) is 3.90. The Morgan fingerprint density at radius 3 is 2.21 bits per heavy atom. The number of rotatable bonds is 14. The molecule has 1 aliphatic heterocycles. The maximum atomic E-state index is 12.2. The molecule has 0 radical (unpaired) electrons. The number of hydrogen-bond donors (Lipinski definition) is 3. The van der Waals surface area contributed by atoms with Crippen LogP contribution >= 0.6 is 0 Å². The van der Waals surface area contributed by atoms with Crippen LogP contribution in [0, 0.1) is 0 Å². The molecule has 0 spiro atoms. The van der Waals surface area contributed by atoms with E-state index in [-0.39, 0.29) is 38.0 Å². The van der Waals surface area contributed by atoms with Crippen LogP contribution in [-0.4, -0.2) is 99.8 Å². The van der Waals surface area contributed by atoms with Crippen LogP contribution < -0.4 is 10.6 Å². The minimum absolute atomic E-state index is 0.134. The van der Waals surface area contributed by atoms with Crippen molar-refractivity contribution in [2.45, 2.75) is 46.3 Å². The first-order chi connectivity index (χ1) is 13.6. The lowest BCUT2D eigenvalue weighted by Gasteiger charge is -2.23. The highest BCUT2D eigenvalue weighted by molar-refractivity contribution is 5.88. The van der Waals surface area contributed by atoms with E-state index in [1.807, 2.05) is 27.7 Å². The molecule has 1 aliphatic rings. The summed E-state index contributed by atoms with van der Waals surface area (Å²) < 4.78 is 16.0. The number of ether oxygens (including phenoxy) is 3.